The van der Waals surface area contributed by atoms with E-state index in [1.165, 1.54) is 11.2 Å². The van der Waals surface area contributed by atoms with Crippen molar-refractivity contribution in [3.63, 3.8) is 0 Å². The van der Waals surface area contributed by atoms with Crippen LogP contribution in [0.15, 0.2) is 0 Å². The summed E-state index contributed by atoms with van der Waals surface area (Å²) in [6.07, 6.45) is 0.731. The number of carbonyl (C=O) groups is 1. The first-order valence-corrected chi connectivity index (χ1v) is 6.70. The van der Waals surface area contributed by atoms with Crippen molar-refractivity contribution < 1.29 is 13.2 Å². The third-order valence-electron chi connectivity index (χ3n) is 2.93. The third-order valence-corrected chi connectivity index (χ3v) is 4.83. The molecule has 0 aromatic rings. The highest BCUT2D eigenvalue weighted by Crippen LogP contribution is 2.17. The molecule has 1 heterocycles. The Labute approximate surface area is 91.1 Å². The zero-order valence-corrected chi connectivity index (χ0v) is 10.2. The third kappa shape index (κ3) is 2.69. The van der Waals surface area contributed by atoms with Crippen LogP contribution in [-0.4, -0.2) is 55.5 Å². The smallest absolute Gasteiger partial charge is 0.219 e. The van der Waals surface area contributed by atoms with Crippen LogP contribution in [-0.2, 0) is 14.8 Å². The van der Waals surface area contributed by atoms with E-state index in [2.05, 4.69) is 0 Å². The van der Waals surface area contributed by atoms with Crippen LogP contribution >= 0.6 is 0 Å². The molecule has 0 unspecified atom stereocenters. The molecule has 1 aliphatic rings. The molecule has 5 nitrogen and oxygen atoms in total. The predicted molar refractivity (Wildman–Crippen MR) is 57.9 cm³/mol. The average Bonchev–Trinajstić information content (AvgIpc) is 2.65. The summed E-state index contributed by atoms with van der Waals surface area (Å²) in [5.41, 5.74) is 0. The van der Waals surface area contributed by atoms with E-state index < -0.39 is 10.0 Å². The Balaban J connectivity index is 2.65. The predicted octanol–water partition coefficient (Wildman–Crippen LogP) is -0.111. The zero-order valence-electron chi connectivity index (χ0n) is 9.43. The summed E-state index contributed by atoms with van der Waals surface area (Å²) >= 11 is 0. The minimum Gasteiger partial charge on any atom is -0.341 e. The topological polar surface area (TPSA) is 57.7 Å². The van der Waals surface area contributed by atoms with Crippen LogP contribution < -0.4 is 0 Å². The van der Waals surface area contributed by atoms with Gasteiger partial charge in [-0.15, -0.1) is 0 Å². The molecule has 0 saturated carbocycles. The van der Waals surface area contributed by atoms with Gasteiger partial charge in [-0.1, -0.05) is 0 Å². The van der Waals surface area contributed by atoms with E-state index in [0.717, 1.165) is 6.42 Å². The number of likely N-dealkylation sites (N-methyl/N-ethyl adjacent to an activating group) is 1. The quantitative estimate of drug-likeness (QED) is 0.684. The van der Waals surface area contributed by atoms with Gasteiger partial charge in [0.15, 0.2) is 0 Å². The number of nitrogens with zero attached hydrogens (tertiary/aromatic N) is 2. The van der Waals surface area contributed by atoms with E-state index in [1.807, 2.05) is 0 Å². The van der Waals surface area contributed by atoms with E-state index in [4.69, 9.17) is 0 Å². The van der Waals surface area contributed by atoms with E-state index in [1.54, 1.807) is 18.9 Å². The van der Waals surface area contributed by atoms with Gasteiger partial charge in [-0.05, 0) is 13.3 Å². The number of hydrogen-bond acceptors (Lipinski definition) is 3. The van der Waals surface area contributed by atoms with Crippen LogP contribution in [0.25, 0.3) is 0 Å². The number of rotatable bonds is 3. The molecule has 0 aromatic carbocycles. The maximum absolute atomic E-state index is 11.6. The normalized spacial score (nSPS) is 22.4. The summed E-state index contributed by atoms with van der Waals surface area (Å²) in [6, 6.07) is -0.0566. The summed E-state index contributed by atoms with van der Waals surface area (Å²) in [4.78, 5) is 12.8. The number of amides is 1. The second-order valence-electron chi connectivity index (χ2n) is 3.82. The summed E-state index contributed by atoms with van der Waals surface area (Å²) in [5.74, 6) is 0.125. The van der Waals surface area contributed by atoms with E-state index in [0.29, 0.717) is 13.1 Å². The van der Waals surface area contributed by atoms with Gasteiger partial charge < -0.3 is 4.90 Å². The van der Waals surface area contributed by atoms with Crippen molar-refractivity contribution in [2.45, 2.75) is 26.3 Å². The van der Waals surface area contributed by atoms with Crippen LogP contribution in [0.1, 0.15) is 20.3 Å². The van der Waals surface area contributed by atoms with Crippen LogP contribution in [0.5, 0.6) is 0 Å². The standard InChI is InChI=1S/C9H18N2O3S/c1-4-15(13,14)10(3)9-5-6-11(7-9)8(2)12/h9H,4-7H2,1-3H3/t9-/m1/s1. The molecule has 1 rings (SSSR count). The van der Waals surface area contributed by atoms with Crippen molar-refractivity contribution >= 4 is 15.9 Å². The van der Waals surface area contributed by atoms with Crippen LogP contribution in [0.4, 0.5) is 0 Å². The molecule has 15 heavy (non-hydrogen) atoms. The van der Waals surface area contributed by atoms with Crippen molar-refractivity contribution in [1.29, 1.82) is 0 Å². The molecule has 0 spiro atoms. The lowest BCUT2D eigenvalue weighted by molar-refractivity contribution is -0.127. The fourth-order valence-electron chi connectivity index (χ4n) is 1.76. The van der Waals surface area contributed by atoms with Gasteiger partial charge in [0.2, 0.25) is 15.9 Å². The van der Waals surface area contributed by atoms with Gasteiger partial charge in [0.05, 0.1) is 5.75 Å². The second-order valence-corrected chi connectivity index (χ2v) is 6.14. The maximum atomic E-state index is 11.6. The number of hydrogen-bond donors (Lipinski definition) is 0. The number of likely N-dealkylation sites (tertiary alicyclic amines) is 1. The van der Waals surface area contributed by atoms with E-state index >= 15 is 0 Å². The van der Waals surface area contributed by atoms with Crippen molar-refractivity contribution in [1.82, 2.24) is 9.21 Å². The molecule has 6 heteroatoms. The van der Waals surface area contributed by atoms with Crippen molar-refractivity contribution in [2.24, 2.45) is 0 Å². The van der Waals surface area contributed by atoms with Gasteiger partial charge in [-0.2, -0.15) is 0 Å². The lowest BCUT2D eigenvalue weighted by Gasteiger charge is -2.23. The first-order chi connectivity index (χ1) is 6.88. The highest BCUT2D eigenvalue weighted by Gasteiger charge is 2.32. The SMILES string of the molecule is CCS(=O)(=O)N(C)[C@@H]1CCN(C(C)=O)C1. The van der Waals surface area contributed by atoms with Crippen molar-refractivity contribution in [3.05, 3.63) is 0 Å². The van der Waals surface area contributed by atoms with Gasteiger partial charge in [0.1, 0.15) is 0 Å². The Kier molecular flexibility index (Phi) is 3.72. The van der Waals surface area contributed by atoms with Gasteiger partial charge in [-0.3, -0.25) is 4.79 Å². The molecular formula is C9H18N2O3S. The van der Waals surface area contributed by atoms with Gasteiger partial charge in [0.25, 0.3) is 0 Å². The Bertz CT molecular complexity index is 339. The molecule has 0 aromatic heterocycles. The highest BCUT2D eigenvalue weighted by atomic mass is 32.2. The lowest BCUT2D eigenvalue weighted by atomic mass is 10.3. The molecule has 0 N–H and O–H groups in total. The van der Waals surface area contributed by atoms with E-state index in [9.17, 15) is 13.2 Å². The molecule has 1 fully saturated rings. The maximum Gasteiger partial charge on any atom is 0.219 e. The number of carbonyl (C=O) groups excluding carboxylic acids is 1. The lowest BCUT2D eigenvalue weighted by Crippen LogP contribution is -2.40. The fourth-order valence-corrected chi connectivity index (χ4v) is 2.79. The molecule has 1 saturated heterocycles. The van der Waals surface area contributed by atoms with Gasteiger partial charge >= 0.3 is 0 Å². The largest absolute Gasteiger partial charge is 0.341 e. The summed E-state index contributed by atoms with van der Waals surface area (Å²) < 4.78 is 24.6. The second kappa shape index (κ2) is 4.49. The zero-order chi connectivity index (χ0) is 11.6. The minimum absolute atomic E-state index is 0.0137. The Morgan fingerprint density at radius 3 is 2.53 bits per heavy atom. The molecule has 0 radical (unpaired) electrons. The molecular weight excluding hydrogens is 216 g/mol. The minimum atomic E-state index is -3.14. The molecule has 1 amide bonds. The first kappa shape index (κ1) is 12.4. The summed E-state index contributed by atoms with van der Waals surface area (Å²) in [7, 11) is -1.54. The monoisotopic (exact) mass is 234 g/mol. The van der Waals surface area contributed by atoms with Gasteiger partial charge in [-0.25, -0.2) is 12.7 Å². The fraction of sp³-hybridized carbons (Fsp3) is 0.889. The van der Waals surface area contributed by atoms with Crippen molar-refractivity contribution in [2.75, 3.05) is 25.9 Å². The Morgan fingerprint density at radius 1 is 1.53 bits per heavy atom. The van der Waals surface area contributed by atoms with Crippen LogP contribution in [0.2, 0.25) is 0 Å². The molecule has 1 aliphatic heterocycles. The summed E-state index contributed by atoms with van der Waals surface area (Å²) in [5, 5.41) is 0. The summed E-state index contributed by atoms with van der Waals surface area (Å²) in [6.45, 7) is 4.31. The first-order valence-electron chi connectivity index (χ1n) is 5.09. The molecule has 1 atom stereocenters. The Hall–Kier alpha value is -0.620. The van der Waals surface area contributed by atoms with E-state index in [-0.39, 0.29) is 17.7 Å². The van der Waals surface area contributed by atoms with Gasteiger partial charge in [0, 0.05) is 33.1 Å². The van der Waals surface area contributed by atoms with Crippen LogP contribution in [0, 0.1) is 0 Å². The average molecular weight is 234 g/mol. The van der Waals surface area contributed by atoms with Crippen LogP contribution in [0.3, 0.4) is 0 Å². The molecule has 0 aliphatic carbocycles. The highest BCUT2D eigenvalue weighted by molar-refractivity contribution is 7.89. The molecule has 0 bridgehead atoms. The number of sulfonamides is 1. The Morgan fingerprint density at radius 2 is 2.13 bits per heavy atom. The van der Waals surface area contributed by atoms with Crippen molar-refractivity contribution in [3.8, 4) is 0 Å². The molecule has 88 valence electrons.